The fourth-order valence-corrected chi connectivity index (χ4v) is 5.45. The van der Waals surface area contributed by atoms with Crippen LogP contribution in [-0.4, -0.2) is 107 Å². The van der Waals surface area contributed by atoms with Crippen LogP contribution in [0.1, 0.15) is 12.0 Å². The Morgan fingerprint density at radius 1 is 1.09 bits per heavy atom. The molecule has 3 saturated heterocycles. The van der Waals surface area contributed by atoms with Crippen LogP contribution in [-0.2, 0) is 4.74 Å². The predicted octanol–water partition coefficient (Wildman–Crippen LogP) is 2.56. The van der Waals surface area contributed by atoms with Gasteiger partial charge in [0.1, 0.15) is 24.3 Å². The van der Waals surface area contributed by atoms with Crippen LogP contribution in [0.3, 0.4) is 0 Å². The topological polar surface area (TPSA) is 152 Å². The van der Waals surface area contributed by atoms with Crippen molar-refractivity contribution in [3.8, 4) is 23.2 Å². The summed E-state index contributed by atoms with van der Waals surface area (Å²) in [5.74, 6) is 0.940. The number of hydrogen-bond acceptors (Lipinski definition) is 11. The number of benzene rings is 2. The van der Waals surface area contributed by atoms with Crippen molar-refractivity contribution in [1.29, 1.82) is 5.26 Å². The monoisotopic (exact) mass is 589 g/mol. The molecule has 2 amide bonds. The summed E-state index contributed by atoms with van der Waals surface area (Å²) in [7, 11) is 0. The standard InChI is InChI=1S/C29H32FN9O4/c30-24-15-39(29(40)36-41)8-7-26(24)43-25-6-1-19(13-20(25)14-31)27-32-18-33-28(35-27)34-21-2-4-22(5-3-21)37-9-11-38(12-10-37)23-16-42-17-23/h1-6,13,18,23-24,26,41H,7-12,15-17H2,(H,36,40)(H,32,33,34,35). The number of ether oxygens (including phenoxy) is 2. The van der Waals surface area contributed by atoms with Gasteiger partial charge in [-0.25, -0.2) is 24.6 Å². The number of alkyl halides is 1. The molecule has 0 aliphatic carbocycles. The molecule has 0 spiro atoms. The lowest BCUT2D eigenvalue weighted by Crippen LogP contribution is -2.56. The van der Waals surface area contributed by atoms with Crippen molar-refractivity contribution in [2.75, 3.05) is 62.7 Å². The minimum atomic E-state index is -1.48. The van der Waals surface area contributed by atoms with Crippen molar-refractivity contribution in [2.24, 2.45) is 0 Å². The van der Waals surface area contributed by atoms with E-state index in [9.17, 15) is 14.4 Å². The molecular weight excluding hydrogens is 557 g/mol. The number of hydroxylamine groups is 1. The highest BCUT2D eigenvalue weighted by Crippen LogP contribution is 2.29. The Kier molecular flexibility index (Phi) is 8.45. The molecular formula is C29H32FN9O4. The fraction of sp³-hybridized carbons (Fsp3) is 0.414. The summed E-state index contributed by atoms with van der Waals surface area (Å²) in [6.07, 6.45) is -0.725. The number of piperidine rings is 1. The molecule has 2 aromatic carbocycles. The normalized spacial score (nSPS) is 21.0. The van der Waals surface area contributed by atoms with Gasteiger partial charge in [0.25, 0.3) is 0 Å². The van der Waals surface area contributed by atoms with Crippen molar-refractivity contribution in [1.82, 2.24) is 30.2 Å². The summed E-state index contributed by atoms with van der Waals surface area (Å²) in [6.45, 7) is 5.68. The van der Waals surface area contributed by atoms with Crippen LogP contribution in [0.25, 0.3) is 11.4 Å². The number of anilines is 3. The van der Waals surface area contributed by atoms with E-state index in [1.165, 1.54) is 11.8 Å². The maximum absolute atomic E-state index is 14.7. The van der Waals surface area contributed by atoms with E-state index in [1.807, 2.05) is 12.1 Å². The molecule has 0 bridgehead atoms. The van der Waals surface area contributed by atoms with Gasteiger partial charge < -0.3 is 24.6 Å². The van der Waals surface area contributed by atoms with Crippen LogP contribution in [0.4, 0.5) is 26.5 Å². The Morgan fingerprint density at radius 3 is 2.56 bits per heavy atom. The fourth-order valence-electron chi connectivity index (χ4n) is 5.45. The quantitative estimate of drug-likeness (QED) is 0.275. The Labute approximate surface area is 247 Å². The number of amides is 2. The third-order valence-corrected chi connectivity index (χ3v) is 8.01. The molecule has 0 saturated carbocycles. The number of nitriles is 1. The molecule has 0 radical (unpaired) electrons. The first-order chi connectivity index (χ1) is 21.0. The Hall–Kier alpha value is -4.58. The van der Waals surface area contributed by atoms with Gasteiger partial charge in [-0.1, -0.05) is 0 Å². The van der Waals surface area contributed by atoms with Gasteiger partial charge in [-0.05, 0) is 42.5 Å². The molecule has 3 aliphatic heterocycles. The van der Waals surface area contributed by atoms with Crippen molar-refractivity contribution in [3.63, 3.8) is 0 Å². The van der Waals surface area contributed by atoms with Gasteiger partial charge in [-0.15, -0.1) is 0 Å². The van der Waals surface area contributed by atoms with Gasteiger partial charge in [-0.3, -0.25) is 10.1 Å². The molecule has 14 heteroatoms. The lowest BCUT2D eigenvalue weighted by Gasteiger charge is -2.43. The van der Waals surface area contributed by atoms with Crippen LogP contribution in [0.2, 0.25) is 0 Å². The van der Waals surface area contributed by atoms with Crippen LogP contribution < -0.4 is 20.4 Å². The summed E-state index contributed by atoms with van der Waals surface area (Å²) in [5.41, 5.74) is 4.28. The largest absolute Gasteiger partial charge is 0.486 e. The predicted molar refractivity (Wildman–Crippen MR) is 154 cm³/mol. The number of hydrogen-bond donors (Lipinski definition) is 3. The minimum absolute atomic E-state index is 0.201. The average Bonchev–Trinajstić information content (AvgIpc) is 3.02. The zero-order chi connectivity index (χ0) is 29.8. The maximum Gasteiger partial charge on any atom is 0.341 e. The number of rotatable bonds is 7. The summed E-state index contributed by atoms with van der Waals surface area (Å²) < 4.78 is 25.9. The highest BCUT2D eigenvalue weighted by Gasteiger charge is 2.33. The van der Waals surface area contributed by atoms with E-state index in [-0.39, 0.29) is 30.8 Å². The highest BCUT2D eigenvalue weighted by atomic mass is 19.1. The van der Waals surface area contributed by atoms with Gasteiger partial charge in [0.15, 0.2) is 12.0 Å². The molecule has 3 aliphatic rings. The molecule has 3 fully saturated rings. The van der Waals surface area contributed by atoms with Gasteiger partial charge >= 0.3 is 6.03 Å². The van der Waals surface area contributed by atoms with Crippen molar-refractivity contribution < 1.29 is 23.9 Å². The van der Waals surface area contributed by atoms with Crippen molar-refractivity contribution in [3.05, 3.63) is 54.4 Å². The summed E-state index contributed by atoms with van der Waals surface area (Å²) in [4.78, 5) is 30.6. The molecule has 2 atom stereocenters. The summed E-state index contributed by atoms with van der Waals surface area (Å²) in [5, 5.41) is 21.8. The zero-order valence-electron chi connectivity index (χ0n) is 23.4. The third kappa shape index (κ3) is 6.43. The molecule has 3 N–H and O–H groups in total. The van der Waals surface area contributed by atoms with E-state index >= 15 is 0 Å². The van der Waals surface area contributed by atoms with Crippen LogP contribution in [0.15, 0.2) is 48.8 Å². The van der Waals surface area contributed by atoms with Crippen molar-refractivity contribution >= 4 is 23.4 Å². The van der Waals surface area contributed by atoms with E-state index in [0.717, 1.165) is 55.7 Å². The number of carbonyl (C=O) groups is 1. The molecule has 43 heavy (non-hydrogen) atoms. The molecule has 4 heterocycles. The molecule has 224 valence electrons. The summed E-state index contributed by atoms with van der Waals surface area (Å²) >= 11 is 0. The third-order valence-electron chi connectivity index (χ3n) is 8.01. The molecule has 13 nitrogen and oxygen atoms in total. The second-order valence-electron chi connectivity index (χ2n) is 10.7. The number of nitrogens with one attached hydrogen (secondary N) is 2. The Bertz CT molecular complexity index is 1480. The second-order valence-corrected chi connectivity index (χ2v) is 10.7. The lowest BCUT2D eigenvalue weighted by molar-refractivity contribution is -0.0660. The molecule has 2 unspecified atom stereocenters. The Morgan fingerprint density at radius 2 is 1.88 bits per heavy atom. The van der Waals surface area contributed by atoms with Gasteiger partial charge in [0.05, 0.1) is 31.4 Å². The van der Waals surface area contributed by atoms with Crippen LogP contribution >= 0.6 is 0 Å². The summed E-state index contributed by atoms with van der Waals surface area (Å²) in [6, 6.07) is 14.9. The number of carbonyl (C=O) groups excluding carboxylic acids is 1. The maximum atomic E-state index is 14.7. The van der Waals surface area contributed by atoms with Crippen molar-refractivity contribution in [2.45, 2.75) is 24.7 Å². The van der Waals surface area contributed by atoms with E-state index in [2.05, 4.69) is 48.3 Å². The van der Waals surface area contributed by atoms with Gasteiger partial charge in [0.2, 0.25) is 5.95 Å². The second kappa shape index (κ2) is 12.7. The average molecular weight is 590 g/mol. The van der Waals surface area contributed by atoms with Gasteiger partial charge in [0, 0.05) is 56.1 Å². The van der Waals surface area contributed by atoms with Crippen LogP contribution in [0, 0.1) is 11.3 Å². The SMILES string of the molecule is N#Cc1cc(-c2ncnc(Nc3ccc(N4CCN(C5COC5)CC4)cc3)n2)ccc1OC1CCN(C(=O)NO)CC1F. The number of urea groups is 1. The first kappa shape index (κ1) is 28.5. The van der Waals surface area contributed by atoms with Crippen LogP contribution in [0.5, 0.6) is 5.75 Å². The number of piperazine rings is 1. The molecule has 1 aromatic heterocycles. The number of halogens is 1. The number of aromatic nitrogens is 3. The Balaban J connectivity index is 1.08. The first-order valence-corrected chi connectivity index (χ1v) is 14.2. The van der Waals surface area contributed by atoms with E-state index in [1.54, 1.807) is 18.2 Å². The van der Waals surface area contributed by atoms with Gasteiger partial charge in [-0.2, -0.15) is 10.2 Å². The zero-order valence-corrected chi connectivity index (χ0v) is 23.4. The van der Waals surface area contributed by atoms with E-state index < -0.39 is 18.3 Å². The highest BCUT2D eigenvalue weighted by molar-refractivity contribution is 5.73. The first-order valence-electron chi connectivity index (χ1n) is 14.2. The molecule has 3 aromatic rings. The number of nitrogens with zero attached hydrogens (tertiary/aromatic N) is 7. The van der Waals surface area contributed by atoms with E-state index in [0.29, 0.717) is 23.4 Å². The lowest BCUT2D eigenvalue weighted by atomic mass is 10.1. The smallest absolute Gasteiger partial charge is 0.341 e. The molecule has 6 rings (SSSR count). The minimum Gasteiger partial charge on any atom is -0.486 e. The van der Waals surface area contributed by atoms with E-state index in [4.69, 9.17) is 14.7 Å². The number of likely N-dealkylation sites (tertiary alicyclic amines) is 1.